The number of aliphatic hydroxyl groups excluding tert-OH is 1. The van der Waals surface area contributed by atoms with Gasteiger partial charge in [-0.25, -0.2) is 9.59 Å². The summed E-state index contributed by atoms with van der Waals surface area (Å²) in [7, 11) is 0. The number of nitrogens with two attached hydrogens (primary N) is 2. The summed E-state index contributed by atoms with van der Waals surface area (Å²) >= 11 is 0. The van der Waals surface area contributed by atoms with E-state index in [2.05, 4.69) is 16.0 Å². The SMILES string of the molecule is CC(C)C[C@H](NC(=O)[C@H](CCCCN)NC(=O)[C@H](CO)NC(=O)[C@@H](N)CC(C)C)C(=O)O.O=C(O)C(F)(F)F. The van der Waals surface area contributed by atoms with Crippen molar-refractivity contribution in [3.63, 3.8) is 0 Å². The van der Waals surface area contributed by atoms with Crippen molar-refractivity contribution in [1.82, 2.24) is 16.0 Å². The third-order valence-electron chi connectivity index (χ3n) is 5.02. The number of nitrogens with one attached hydrogen (secondary N) is 3. The molecule has 0 fully saturated rings. The van der Waals surface area contributed by atoms with E-state index in [4.69, 9.17) is 21.4 Å². The normalized spacial score (nSPS) is 14.4. The Hall–Kier alpha value is -2.98. The number of aliphatic carboxylic acids is 2. The first-order valence-corrected chi connectivity index (χ1v) is 12.4. The Kier molecular flexibility index (Phi) is 18.7. The molecule has 0 heterocycles. The molecule has 0 spiro atoms. The van der Waals surface area contributed by atoms with Gasteiger partial charge in [0.05, 0.1) is 12.6 Å². The van der Waals surface area contributed by atoms with Crippen molar-refractivity contribution in [3.05, 3.63) is 0 Å². The molecular formula is C23H42F3N5O8. The van der Waals surface area contributed by atoms with E-state index in [1.165, 1.54) is 0 Å². The minimum atomic E-state index is -5.08. The van der Waals surface area contributed by atoms with Crippen molar-refractivity contribution in [2.45, 2.75) is 90.1 Å². The number of carboxylic acid groups (broad SMARTS) is 2. The first kappa shape index (κ1) is 38.2. The summed E-state index contributed by atoms with van der Waals surface area (Å²) in [5.41, 5.74) is 11.3. The highest BCUT2D eigenvalue weighted by atomic mass is 19.4. The van der Waals surface area contributed by atoms with E-state index >= 15 is 0 Å². The highest BCUT2D eigenvalue weighted by Gasteiger charge is 2.38. The van der Waals surface area contributed by atoms with Crippen molar-refractivity contribution in [3.8, 4) is 0 Å². The van der Waals surface area contributed by atoms with E-state index in [1.54, 1.807) is 0 Å². The summed E-state index contributed by atoms with van der Waals surface area (Å²) in [6.07, 6.45) is -3.10. The zero-order valence-corrected chi connectivity index (χ0v) is 22.6. The van der Waals surface area contributed by atoms with E-state index in [-0.39, 0.29) is 24.7 Å². The number of halogens is 3. The lowest BCUT2D eigenvalue weighted by molar-refractivity contribution is -0.192. The van der Waals surface area contributed by atoms with Crippen molar-refractivity contribution in [1.29, 1.82) is 0 Å². The summed E-state index contributed by atoms with van der Waals surface area (Å²) in [5.74, 6) is -5.72. The summed E-state index contributed by atoms with van der Waals surface area (Å²) in [5, 5.41) is 33.5. The minimum Gasteiger partial charge on any atom is -0.480 e. The van der Waals surface area contributed by atoms with Gasteiger partial charge in [-0.15, -0.1) is 0 Å². The standard InChI is InChI=1S/C21H41N5O6.C2HF3O2/c1-12(2)9-14(23)18(28)26-17(11-27)20(30)24-15(7-5-6-8-22)19(29)25-16(21(31)32)10-13(3)4;3-2(4,5)1(6)7/h12-17,27H,5-11,22-23H2,1-4H3,(H,24,30)(H,25,29)(H,26,28)(H,31,32);(H,6,7)/t14-,15-,16-,17-;/m0./s1. The number of hydrogen-bond acceptors (Lipinski definition) is 8. The van der Waals surface area contributed by atoms with Gasteiger partial charge in [0, 0.05) is 0 Å². The number of hydrogen-bond donors (Lipinski definition) is 8. The van der Waals surface area contributed by atoms with Gasteiger partial charge in [0.15, 0.2) is 0 Å². The average Bonchev–Trinajstić information content (AvgIpc) is 2.80. The van der Waals surface area contributed by atoms with Gasteiger partial charge in [0.25, 0.3) is 0 Å². The third kappa shape index (κ3) is 18.0. The van der Waals surface area contributed by atoms with Gasteiger partial charge in [0.1, 0.15) is 18.1 Å². The average molecular weight is 574 g/mol. The molecule has 0 aliphatic rings. The van der Waals surface area contributed by atoms with E-state index in [9.17, 15) is 42.6 Å². The number of unbranched alkanes of at least 4 members (excludes halogenated alkanes) is 1. The van der Waals surface area contributed by atoms with Gasteiger partial charge in [-0.1, -0.05) is 27.7 Å². The van der Waals surface area contributed by atoms with Crippen molar-refractivity contribution in [2.24, 2.45) is 23.3 Å². The number of carbonyl (C=O) groups is 5. The molecule has 0 aromatic carbocycles. The lowest BCUT2D eigenvalue weighted by atomic mass is 10.0. The third-order valence-corrected chi connectivity index (χ3v) is 5.02. The minimum absolute atomic E-state index is 0.0331. The lowest BCUT2D eigenvalue weighted by Crippen LogP contribution is -2.58. The van der Waals surface area contributed by atoms with Crippen LogP contribution >= 0.6 is 0 Å². The van der Waals surface area contributed by atoms with Gasteiger partial charge in [-0.2, -0.15) is 13.2 Å². The second-order valence-corrected chi connectivity index (χ2v) is 9.66. The van der Waals surface area contributed by atoms with E-state index in [0.717, 1.165) is 0 Å². The quantitative estimate of drug-likeness (QED) is 0.112. The van der Waals surface area contributed by atoms with Gasteiger partial charge in [-0.3, -0.25) is 14.4 Å². The number of amides is 3. The van der Waals surface area contributed by atoms with Crippen LogP contribution in [-0.4, -0.2) is 88.5 Å². The Morgan fingerprint density at radius 1 is 0.769 bits per heavy atom. The molecule has 0 bridgehead atoms. The van der Waals surface area contributed by atoms with Crippen LogP contribution in [0.5, 0.6) is 0 Å². The molecule has 3 amide bonds. The van der Waals surface area contributed by atoms with E-state index in [1.807, 2.05) is 27.7 Å². The van der Waals surface area contributed by atoms with Crippen LogP contribution in [0.4, 0.5) is 13.2 Å². The fraction of sp³-hybridized carbons (Fsp3) is 0.783. The Morgan fingerprint density at radius 3 is 1.59 bits per heavy atom. The molecule has 0 saturated carbocycles. The Labute approximate surface area is 225 Å². The van der Waals surface area contributed by atoms with Gasteiger partial charge in [-0.05, 0) is 50.5 Å². The van der Waals surface area contributed by atoms with E-state index < -0.39 is 66.6 Å². The Balaban J connectivity index is 0. The van der Waals surface area contributed by atoms with Crippen molar-refractivity contribution >= 4 is 29.7 Å². The number of rotatable bonds is 16. The molecular weight excluding hydrogens is 531 g/mol. The van der Waals surface area contributed by atoms with Crippen molar-refractivity contribution < 1.29 is 52.5 Å². The summed E-state index contributed by atoms with van der Waals surface area (Å²) < 4.78 is 31.7. The number of carboxylic acids is 2. The van der Waals surface area contributed by atoms with Gasteiger partial charge in [0.2, 0.25) is 17.7 Å². The molecule has 228 valence electrons. The largest absolute Gasteiger partial charge is 0.490 e. The zero-order chi connectivity index (χ0) is 30.9. The highest BCUT2D eigenvalue weighted by Crippen LogP contribution is 2.13. The fourth-order valence-corrected chi connectivity index (χ4v) is 3.09. The molecule has 16 heteroatoms. The lowest BCUT2D eigenvalue weighted by Gasteiger charge is -2.25. The number of aliphatic hydroxyl groups is 1. The molecule has 10 N–H and O–H groups in total. The molecule has 0 aromatic heterocycles. The zero-order valence-electron chi connectivity index (χ0n) is 22.6. The number of alkyl halides is 3. The molecule has 0 unspecified atom stereocenters. The Morgan fingerprint density at radius 2 is 1.21 bits per heavy atom. The molecule has 0 aliphatic heterocycles. The predicted octanol–water partition coefficient (Wildman–Crippen LogP) is -0.300. The maximum Gasteiger partial charge on any atom is 0.490 e. The van der Waals surface area contributed by atoms with Crippen LogP contribution in [0.1, 0.15) is 59.8 Å². The summed E-state index contributed by atoms with van der Waals surface area (Å²) in [6.45, 7) is 7.18. The maximum atomic E-state index is 12.7. The van der Waals surface area contributed by atoms with Crippen LogP contribution in [0.3, 0.4) is 0 Å². The first-order chi connectivity index (χ1) is 17.9. The monoisotopic (exact) mass is 573 g/mol. The summed E-state index contributed by atoms with van der Waals surface area (Å²) in [4.78, 5) is 58.0. The second kappa shape index (κ2) is 19.1. The molecule has 4 atom stereocenters. The van der Waals surface area contributed by atoms with Crippen LogP contribution < -0.4 is 27.4 Å². The fourth-order valence-electron chi connectivity index (χ4n) is 3.09. The van der Waals surface area contributed by atoms with Crippen LogP contribution in [0.2, 0.25) is 0 Å². The van der Waals surface area contributed by atoms with Crippen LogP contribution in [0, 0.1) is 11.8 Å². The van der Waals surface area contributed by atoms with Crippen molar-refractivity contribution in [2.75, 3.05) is 13.2 Å². The maximum absolute atomic E-state index is 12.7. The highest BCUT2D eigenvalue weighted by molar-refractivity contribution is 5.94. The van der Waals surface area contributed by atoms with Gasteiger partial charge < -0.3 is 42.7 Å². The smallest absolute Gasteiger partial charge is 0.480 e. The topological polar surface area (TPSA) is 234 Å². The van der Waals surface area contributed by atoms with Crippen LogP contribution in [0.25, 0.3) is 0 Å². The molecule has 39 heavy (non-hydrogen) atoms. The first-order valence-electron chi connectivity index (χ1n) is 12.4. The molecule has 13 nitrogen and oxygen atoms in total. The summed E-state index contributed by atoms with van der Waals surface area (Å²) in [6, 6.07) is -4.28. The molecule has 0 radical (unpaired) electrons. The van der Waals surface area contributed by atoms with Gasteiger partial charge >= 0.3 is 18.1 Å². The molecule has 0 saturated heterocycles. The van der Waals surface area contributed by atoms with Crippen LogP contribution in [-0.2, 0) is 24.0 Å². The van der Waals surface area contributed by atoms with E-state index in [0.29, 0.717) is 25.8 Å². The second-order valence-electron chi connectivity index (χ2n) is 9.66. The molecule has 0 aromatic rings. The molecule has 0 aliphatic carbocycles. The van der Waals surface area contributed by atoms with Crippen LogP contribution in [0.15, 0.2) is 0 Å². The molecule has 0 rings (SSSR count). The Bertz CT molecular complexity index is 796. The number of carbonyl (C=O) groups excluding carboxylic acids is 3. The predicted molar refractivity (Wildman–Crippen MR) is 134 cm³/mol.